The number of nitrogens with zero attached hydrogens (tertiary/aromatic N) is 3. The highest BCUT2D eigenvalue weighted by Crippen LogP contribution is 2.33. The van der Waals surface area contributed by atoms with Gasteiger partial charge < -0.3 is 15.0 Å². The average molecular weight is 428 g/mol. The second kappa shape index (κ2) is 6.77. The summed E-state index contributed by atoms with van der Waals surface area (Å²) in [7, 11) is 1.52. The van der Waals surface area contributed by atoms with E-state index < -0.39 is 11.6 Å². The molecule has 0 spiro atoms. The highest BCUT2D eigenvalue weighted by atomic mass is 32.1. The molecule has 0 aliphatic carbocycles. The maximum absolute atomic E-state index is 13.6. The number of hydrogen-bond acceptors (Lipinski definition) is 6. The molecular formula is C20H14F2N4O3S. The summed E-state index contributed by atoms with van der Waals surface area (Å²) in [5, 5.41) is 2.76. The van der Waals surface area contributed by atoms with E-state index in [-0.39, 0.29) is 34.9 Å². The molecule has 1 aromatic heterocycles. The van der Waals surface area contributed by atoms with Crippen molar-refractivity contribution in [2.45, 2.75) is 6.67 Å². The van der Waals surface area contributed by atoms with Crippen LogP contribution in [0.25, 0.3) is 5.57 Å². The van der Waals surface area contributed by atoms with E-state index in [1.807, 2.05) is 0 Å². The molecule has 3 heterocycles. The number of hydrogen-bond donors (Lipinski definition) is 1. The van der Waals surface area contributed by atoms with E-state index in [2.05, 4.69) is 10.3 Å². The minimum atomic E-state index is -0.972. The van der Waals surface area contributed by atoms with E-state index >= 15 is 0 Å². The van der Waals surface area contributed by atoms with Crippen LogP contribution in [-0.2, 0) is 11.5 Å². The fourth-order valence-electron chi connectivity index (χ4n) is 3.50. The molecule has 0 fully saturated rings. The Morgan fingerprint density at radius 2 is 1.97 bits per heavy atom. The van der Waals surface area contributed by atoms with Crippen LogP contribution in [0.5, 0.6) is 5.75 Å². The van der Waals surface area contributed by atoms with E-state index in [4.69, 9.17) is 4.74 Å². The molecule has 1 amide bonds. The molecule has 152 valence electrons. The van der Waals surface area contributed by atoms with Crippen LogP contribution < -0.4 is 29.8 Å². The lowest BCUT2D eigenvalue weighted by Crippen LogP contribution is -2.43. The van der Waals surface area contributed by atoms with Crippen LogP contribution in [0.1, 0.15) is 5.56 Å². The third-order valence-electron chi connectivity index (χ3n) is 5.02. The lowest BCUT2D eigenvalue weighted by molar-refractivity contribution is -0.110. The fraction of sp³-hybridized carbons (Fsp3) is 0.150. The second-order valence-electron chi connectivity index (χ2n) is 6.77. The lowest BCUT2D eigenvalue weighted by Gasteiger charge is -2.25. The van der Waals surface area contributed by atoms with Crippen molar-refractivity contribution in [3.05, 3.63) is 73.3 Å². The van der Waals surface area contributed by atoms with Crippen molar-refractivity contribution in [3.63, 3.8) is 0 Å². The highest BCUT2D eigenvalue weighted by molar-refractivity contribution is 7.07. The van der Waals surface area contributed by atoms with Gasteiger partial charge in [0.1, 0.15) is 23.6 Å². The first-order valence-electron chi connectivity index (χ1n) is 8.94. The minimum Gasteiger partial charge on any atom is -0.497 e. The maximum atomic E-state index is 13.6. The van der Waals surface area contributed by atoms with Crippen molar-refractivity contribution in [3.8, 4) is 5.75 Å². The van der Waals surface area contributed by atoms with E-state index in [1.165, 1.54) is 17.7 Å². The second-order valence-corrected chi connectivity index (χ2v) is 7.74. The molecule has 0 atom stereocenters. The van der Waals surface area contributed by atoms with Gasteiger partial charge >= 0.3 is 0 Å². The van der Waals surface area contributed by atoms with E-state index in [1.54, 1.807) is 23.1 Å². The minimum absolute atomic E-state index is 0.110. The highest BCUT2D eigenvalue weighted by Gasteiger charge is 2.28. The van der Waals surface area contributed by atoms with Gasteiger partial charge in [-0.2, -0.15) is 0 Å². The summed E-state index contributed by atoms with van der Waals surface area (Å²) in [4.78, 5) is 32.2. The number of ether oxygens (including phenoxy) is 1. The molecule has 1 N–H and O–H groups in total. The first kappa shape index (κ1) is 18.5. The summed E-state index contributed by atoms with van der Waals surface area (Å²) in [6.07, 6.45) is 0. The lowest BCUT2D eigenvalue weighted by atomic mass is 10.1. The van der Waals surface area contributed by atoms with Crippen LogP contribution in [0.3, 0.4) is 0 Å². The van der Waals surface area contributed by atoms with Gasteiger partial charge in [-0.05, 0) is 30.3 Å². The van der Waals surface area contributed by atoms with Crippen LogP contribution in [0.15, 0.2) is 46.2 Å². The molecule has 10 heteroatoms. The zero-order valence-corrected chi connectivity index (χ0v) is 16.4. The van der Waals surface area contributed by atoms with Crippen molar-refractivity contribution in [2.24, 2.45) is 4.99 Å². The van der Waals surface area contributed by atoms with Crippen LogP contribution in [0.2, 0.25) is 0 Å². The fourth-order valence-corrected chi connectivity index (χ4v) is 4.56. The summed E-state index contributed by atoms with van der Waals surface area (Å²) in [5.41, 5.74) is 1.51. The number of rotatable bonds is 2. The van der Waals surface area contributed by atoms with Crippen LogP contribution in [0.4, 0.5) is 20.2 Å². The topological polar surface area (TPSA) is 75.9 Å². The molecule has 3 aromatic rings. The molecule has 2 aliphatic heterocycles. The van der Waals surface area contributed by atoms with Crippen molar-refractivity contribution >= 4 is 34.2 Å². The molecule has 0 radical (unpaired) electrons. The zero-order chi connectivity index (χ0) is 21.0. The summed E-state index contributed by atoms with van der Waals surface area (Å²) in [6.45, 7) is 0.287. The Bertz CT molecular complexity index is 1400. The summed E-state index contributed by atoms with van der Waals surface area (Å²) in [6, 6.07) is 8.68. The first-order valence-corrected chi connectivity index (χ1v) is 9.76. The smallest absolute Gasteiger partial charge is 0.272 e. The number of benzene rings is 2. The van der Waals surface area contributed by atoms with Gasteiger partial charge in [0.15, 0.2) is 16.4 Å². The number of anilines is 2. The molecule has 2 aliphatic rings. The van der Waals surface area contributed by atoms with Crippen LogP contribution in [0, 0.1) is 11.6 Å². The molecule has 0 bridgehead atoms. The zero-order valence-electron chi connectivity index (χ0n) is 15.6. The van der Waals surface area contributed by atoms with Gasteiger partial charge in [-0.3, -0.25) is 14.2 Å². The molecule has 0 saturated carbocycles. The monoisotopic (exact) mass is 428 g/mol. The van der Waals surface area contributed by atoms with Gasteiger partial charge in [0.2, 0.25) is 0 Å². The largest absolute Gasteiger partial charge is 0.497 e. The van der Waals surface area contributed by atoms with Crippen LogP contribution >= 0.6 is 11.3 Å². The molecule has 7 nitrogen and oxygen atoms in total. The molecule has 0 unspecified atom stereocenters. The third kappa shape index (κ3) is 2.79. The Morgan fingerprint density at radius 1 is 1.13 bits per heavy atom. The Hall–Kier alpha value is -3.53. The number of carbonyl (C=O) groups excluding carboxylic acids is 1. The summed E-state index contributed by atoms with van der Waals surface area (Å²) >= 11 is 1.13. The average Bonchev–Trinajstić information content (AvgIpc) is 3.24. The number of amides is 1. The van der Waals surface area contributed by atoms with E-state index in [0.717, 1.165) is 23.5 Å². The Balaban J connectivity index is 1.63. The third-order valence-corrected chi connectivity index (χ3v) is 6.13. The quantitative estimate of drug-likeness (QED) is 0.670. The van der Waals surface area contributed by atoms with Gasteiger partial charge in [0.25, 0.3) is 11.5 Å². The number of thiazole rings is 1. The predicted molar refractivity (Wildman–Crippen MR) is 107 cm³/mol. The van der Waals surface area contributed by atoms with Crippen molar-refractivity contribution in [1.82, 2.24) is 4.57 Å². The molecule has 2 aromatic carbocycles. The maximum Gasteiger partial charge on any atom is 0.272 e. The number of nitrogens with one attached hydrogen (secondary N) is 1. The SMILES string of the molecule is COc1ccc2c(c1)C(=c1sc3n(c1=O)CN(c1ccc(F)c(F)c1)CN=3)C(=O)N2. The van der Waals surface area contributed by atoms with E-state index in [9.17, 15) is 18.4 Å². The first-order chi connectivity index (χ1) is 14.5. The molecule has 5 rings (SSSR count). The molecule has 30 heavy (non-hydrogen) atoms. The molecule has 0 saturated heterocycles. The van der Waals surface area contributed by atoms with Crippen molar-refractivity contribution in [1.29, 1.82) is 0 Å². The standard InChI is InChI=1S/C20H14F2N4O3S/c1-29-11-3-5-15-12(7-11)16(18(27)24-15)17-19(28)26-9-25(8-23-20(26)30-17)10-2-4-13(21)14(22)6-10/h2-7H,8-9H2,1H3,(H,24,27). The van der Waals surface area contributed by atoms with Gasteiger partial charge in [0, 0.05) is 23.0 Å². The normalized spacial score (nSPS) is 16.6. The van der Waals surface area contributed by atoms with Crippen molar-refractivity contribution < 1.29 is 18.3 Å². The molecular weight excluding hydrogens is 414 g/mol. The number of halogens is 2. The Kier molecular flexibility index (Phi) is 4.17. The van der Waals surface area contributed by atoms with Crippen molar-refractivity contribution in [2.75, 3.05) is 24.0 Å². The van der Waals surface area contributed by atoms with Gasteiger partial charge in [-0.15, -0.1) is 0 Å². The number of fused-ring (bicyclic) bond motifs is 2. The Morgan fingerprint density at radius 3 is 2.73 bits per heavy atom. The van der Waals surface area contributed by atoms with Gasteiger partial charge in [-0.25, -0.2) is 13.8 Å². The van der Waals surface area contributed by atoms with Crippen LogP contribution in [-0.4, -0.2) is 24.3 Å². The predicted octanol–water partition coefficient (Wildman–Crippen LogP) is 1.40. The number of carbonyl (C=O) groups is 1. The summed E-state index contributed by atoms with van der Waals surface area (Å²) in [5.74, 6) is -1.72. The number of methoxy groups -OCH3 is 1. The summed E-state index contributed by atoms with van der Waals surface area (Å²) < 4.78 is 33.8. The van der Waals surface area contributed by atoms with E-state index in [0.29, 0.717) is 27.5 Å². The Labute approximate surface area is 172 Å². The number of aromatic nitrogens is 1. The van der Waals surface area contributed by atoms with Gasteiger partial charge in [0.05, 0.1) is 12.7 Å². The van der Waals surface area contributed by atoms with Gasteiger partial charge in [-0.1, -0.05) is 11.3 Å².